The van der Waals surface area contributed by atoms with E-state index in [4.69, 9.17) is 5.73 Å². The Balaban J connectivity index is 2.11. The van der Waals surface area contributed by atoms with Gasteiger partial charge in [-0.25, -0.2) is 4.98 Å². The first-order valence-electron chi connectivity index (χ1n) is 5.76. The van der Waals surface area contributed by atoms with E-state index in [2.05, 4.69) is 37.6 Å². The van der Waals surface area contributed by atoms with E-state index in [-0.39, 0.29) is 0 Å². The number of fused-ring (bicyclic) bond motifs is 1. The quantitative estimate of drug-likeness (QED) is 0.877. The molecule has 1 aromatic heterocycles. The molecule has 1 aliphatic rings. The molecular weight excluding hydrogens is 298 g/mol. The van der Waals surface area contributed by atoms with E-state index in [1.807, 2.05) is 17.8 Å². The summed E-state index contributed by atoms with van der Waals surface area (Å²) in [5.74, 6) is 3.09. The highest BCUT2D eigenvalue weighted by atomic mass is 79.9. The number of anilines is 1. The molecule has 5 heteroatoms. The lowest BCUT2D eigenvalue weighted by Gasteiger charge is -2.24. The lowest BCUT2D eigenvalue weighted by molar-refractivity contribution is 0.487. The van der Waals surface area contributed by atoms with Crippen LogP contribution in [0, 0.1) is 0 Å². The lowest BCUT2D eigenvalue weighted by Crippen LogP contribution is -2.16. The van der Waals surface area contributed by atoms with Gasteiger partial charge >= 0.3 is 0 Å². The topological polar surface area (TPSA) is 43.8 Å². The maximum Gasteiger partial charge on any atom is 0.201 e. The van der Waals surface area contributed by atoms with Crippen LogP contribution < -0.4 is 5.73 Å². The SMILES string of the molecule is Nc1nc2cc(Br)ccc2n1C1CCSCC1. The zero-order valence-electron chi connectivity index (χ0n) is 9.40. The number of hydrogen-bond donors (Lipinski definition) is 1. The predicted molar refractivity (Wildman–Crippen MR) is 77.4 cm³/mol. The second-order valence-corrected chi connectivity index (χ2v) is 6.46. The second-order valence-electron chi connectivity index (χ2n) is 4.32. The number of nitrogen functional groups attached to an aromatic ring is 1. The number of halogens is 1. The van der Waals surface area contributed by atoms with Gasteiger partial charge in [0.25, 0.3) is 0 Å². The average molecular weight is 312 g/mol. The van der Waals surface area contributed by atoms with Crippen LogP contribution in [0.1, 0.15) is 18.9 Å². The highest BCUT2D eigenvalue weighted by Gasteiger charge is 2.20. The minimum absolute atomic E-state index is 0.516. The zero-order chi connectivity index (χ0) is 11.8. The Morgan fingerprint density at radius 2 is 2.12 bits per heavy atom. The van der Waals surface area contributed by atoms with E-state index in [1.54, 1.807) is 0 Å². The molecule has 0 radical (unpaired) electrons. The highest BCUT2D eigenvalue weighted by molar-refractivity contribution is 9.10. The predicted octanol–water partition coefficient (Wildman–Crippen LogP) is 3.45. The molecule has 2 aromatic rings. The van der Waals surface area contributed by atoms with Crippen LogP contribution in [0.15, 0.2) is 22.7 Å². The van der Waals surface area contributed by atoms with Gasteiger partial charge < -0.3 is 10.3 Å². The number of aromatic nitrogens is 2. The third-order valence-corrected chi connectivity index (χ3v) is 4.78. The third-order valence-electron chi connectivity index (χ3n) is 3.23. The molecule has 0 saturated carbocycles. The van der Waals surface area contributed by atoms with Gasteiger partial charge in [-0.05, 0) is 42.5 Å². The van der Waals surface area contributed by atoms with Crippen molar-refractivity contribution in [3.8, 4) is 0 Å². The Morgan fingerprint density at radius 3 is 2.88 bits per heavy atom. The molecule has 2 N–H and O–H groups in total. The van der Waals surface area contributed by atoms with E-state index >= 15 is 0 Å². The fourth-order valence-electron chi connectivity index (χ4n) is 2.42. The van der Waals surface area contributed by atoms with Crippen LogP contribution in [0.4, 0.5) is 5.95 Å². The van der Waals surface area contributed by atoms with Crippen LogP contribution in [0.25, 0.3) is 11.0 Å². The van der Waals surface area contributed by atoms with Gasteiger partial charge in [0.2, 0.25) is 5.95 Å². The largest absolute Gasteiger partial charge is 0.369 e. The summed E-state index contributed by atoms with van der Waals surface area (Å²) in [7, 11) is 0. The fourth-order valence-corrected chi connectivity index (χ4v) is 3.85. The van der Waals surface area contributed by atoms with Crippen LogP contribution in [-0.2, 0) is 0 Å². The normalized spacial score (nSPS) is 17.7. The number of nitrogens with zero attached hydrogens (tertiary/aromatic N) is 2. The maximum absolute atomic E-state index is 6.06. The summed E-state index contributed by atoms with van der Waals surface area (Å²) in [5, 5.41) is 0. The standard InChI is InChI=1S/C12H14BrN3S/c13-8-1-2-11-10(7-8)15-12(14)16(11)9-3-5-17-6-4-9/h1-2,7,9H,3-6H2,(H2,14,15). The molecule has 1 aliphatic heterocycles. The van der Waals surface area contributed by atoms with Gasteiger partial charge in [-0.2, -0.15) is 11.8 Å². The molecule has 0 amide bonds. The average Bonchev–Trinajstić information content (AvgIpc) is 2.65. The zero-order valence-corrected chi connectivity index (χ0v) is 11.8. The molecule has 0 spiro atoms. The Morgan fingerprint density at radius 1 is 1.35 bits per heavy atom. The number of hydrogen-bond acceptors (Lipinski definition) is 3. The number of rotatable bonds is 1. The molecule has 0 aliphatic carbocycles. The van der Waals surface area contributed by atoms with E-state index < -0.39 is 0 Å². The Hall–Kier alpha value is -0.680. The van der Waals surface area contributed by atoms with Crippen molar-refractivity contribution in [2.75, 3.05) is 17.2 Å². The molecule has 1 aromatic carbocycles. The van der Waals surface area contributed by atoms with Crippen LogP contribution in [0.2, 0.25) is 0 Å². The van der Waals surface area contributed by atoms with Crippen molar-refractivity contribution in [1.82, 2.24) is 9.55 Å². The van der Waals surface area contributed by atoms with Gasteiger partial charge in [0.1, 0.15) is 0 Å². The summed E-state index contributed by atoms with van der Waals surface area (Å²) in [4.78, 5) is 4.45. The maximum atomic E-state index is 6.06. The molecule has 2 heterocycles. The summed E-state index contributed by atoms with van der Waals surface area (Å²) in [5.41, 5.74) is 8.20. The molecule has 90 valence electrons. The molecule has 3 nitrogen and oxygen atoms in total. The number of nitrogens with two attached hydrogens (primary N) is 1. The van der Waals surface area contributed by atoms with E-state index in [0.717, 1.165) is 15.5 Å². The molecule has 17 heavy (non-hydrogen) atoms. The van der Waals surface area contributed by atoms with Crippen LogP contribution >= 0.6 is 27.7 Å². The number of thioether (sulfide) groups is 1. The van der Waals surface area contributed by atoms with E-state index in [1.165, 1.54) is 24.3 Å². The summed E-state index contributed by atoms with van der Waals surface area (Å²) in [6, 6.07) is 6.70. The second kappa shape index (κ2) is 4.53. The van der Waals surface area contributed by atoms with Gasteiger partial charge in [-0.1, -0.05) is 15.9 Å². The number of benzene rings is 1. The lowest BCUT2D eigenvalue weighted by atomic mass is 10.1. The van der Waals surface area contributed by atoms with Gasteiger partial charge in [0.05, 0.1) is 11.0 Å². The summed E-state index contributed by atoms with van der Waals surface area (Å²) >= 11 is 5.50. The van der Waals surface area contributed by atoms with Crippen LogP contribution in [0.3, 0.4) is 0 Å². The van der Waals surface area contributed by atoms with Crippen molar-refractivity contribution in [3.05, 3.63) is 22.7 Å². The highest BCUT2D eigenvalue weighted by Crippen LogP contribution is 2.33. The molecule has 0 atom stereocenters. The summed E-state index contributed by atoms with van der Waals surface area (Å²) < 4.78 is 3.26. The van der Waals surface area contributed by atoms with Crippen molar-refractivity contribution in [3.63, 3.8) is 0 Å². The molecule has 0 unspecified atom stereocenters. The molecule has 0 bridgehead atoms. The Bertz CT molecular complexity index is 546. The van der Waals surface area contributed by atoms with Crippen molar-refractivity contribution in [2.24, 2.45) is 0 Å². The van der Waals surface area contributed by atoms with E-state index in [0.29, 0.717) is 12.0 Å². The fraction of sp³-hybridized carbons (Fsp3) is 0.417. The van der Waals surface area contributed by atoms with Gasteiger partial charge in [0, 0.05) is 10.5 Å². The molecular formula is C12H14BrN3S. The minimum atomic E-state index is 0.516. The molecule has 1 saturated heterocycles. The first-order chi connectivity index (χ1) is 8.25. The minimum Gasteiger partial charge on any atom is -0.369 e. The Kier molecular flexibility index (Phi) is 3.04. The summed E-state index contributed by atoms with van der Waals surface area (Å²) in [6.45, 7) is 0. The van der Waals surface area contributed by atoms with Gasteiger partial charge in [-0.3, -0.25) is 0 Å². The third kappa shape index (κ3) is 2.06. The van der Waals surface area contributed by atoms with Gasteiger partial charge in [0.15, 0.2) is 0 Å². The van der Waals surface area contributed by atoms with Crippen LogP contribution in [0.5, 0.6) is 0 Å². The van der Waals surface area contributed by atoms with Crippen molar-refractivity contribution in [1.29, 1.82) is 0 Å². The van der Waals surface area contributed by atoms with Crippen molar-refractivity contribution < 1.29 is 0 Å². The first kappa shape index (κ1) is 11.4. The first-order valence-corrected chi connectivity index (χ1v) is 7.71. The molecule has 3 rings (SSSR count). The van der Waals surface area contributed by atoms with Crippen molar-refractivity contribution in [2.45, 2.75) is 18.9 Å². The monoisotopic (exact) mass is 311 g/mol. The van der Waals surface area contributed by atoms with Gasteiger partial charge in [-0.15, -0.1) is 0 Å². The Labute approximate surface area is 113 Å². The van der Waals surface area contributed by atoms with Crippen molar-refractivity contribution >= 4 is 44.7 Å². The van der Waals surface area contributed by atoms with Crippen LogP contribution in [-0.4, -0.2) is 21.1 Å². The summed E-state index contributed by atoms with van der Waals surface area (Å²) in [6.07, 6.45) is 2.38. The van der Waals surface area contributed by atoms with E-state index in [9.17, 15) is 0 Å². The molecule has 1 fully saturated rings. The number of imidazole rings is 1. The smallest absolute Gasteiger partial charge is 0.201 e.